The highest BCUT2D eigenvalue weighted by molar-refractivity contribution is 6.32. The molecule has 45 heteroatoms. The summed E-state index contributed by atoms with van der Waals surface area (Å²) >= 11 is 14.1. The third-order valence-corrected chi connectivity index (χ3v) is 24.7. The zero-order valence-corrected chi connectivity index (χ0v) is 82.7. The highest BCUT2D eigenvalue weighted by Crippen LogP contribution is 2.50. The van der Waals surface area contributed by atoms with E-state index in [-0.39, 0.29) is 52.8 Å². The highest BCUT2D eigenvalue weighted by atomic mass is 35.5. The van der Waals surface area contributed by atoms with Crippen molar-refractivity contribution < 1.29 is 166 Å². The maximum Gasteiger partial charge on any atom is 0.330 e. The molecular weight excluding hydrogens is 1930 g/mol. The molecule has 6 aromatic rings. The van der Waals surface area contributed by atoms with Crippen LogP contribution in [0.25, 0.3) is 11.1 Å². The first-order valence-electron chi connectivity index (χ1n) is 47.9. The fourth-order valence-electron chi connectivity index (χ4n) is 16.5. The molecule has 0 radical (unpaired) electrons. The minimum absolute atomic E-state index is 0.0298. The van der Waals surface area contributed by atoms with Crippen LogP contribution in [0.4, 0.5) is 0 Å². The van der Waals surface area contributed by atoms with Gasteiger partial charge in [-0.2, -0.15) is 0 Å². The number of aromatic hydroxyl groups is 3. The number of carboxylic acids is 1. The number of nitrogens with two attached hydrogens (primary N) is 2. The molecule has 0 aliphatic carbocycles. The molecule has 13 rings (SSSR count). The van der Waals surface area contributed by atoms with E-state index in [9.17, 15) is 75.0 Å². The third-order valence-electron chi connectivity index (χ3n) is 24.1. The summed E-state index contributed by atoms with van der Waals surface area (Å²) in [4.78, 5) is 117. The number of carbonyl (C=O) groups is 8. The maximum atomic E-state index is 16.0. The van der Waals surface area contributed by atoms with Gasteiger partial charge < -0.3 is 176 Å². The van der Waals surface area contributed by atoms with Crippen LogP contribution in [-0.2, 0) is 96.9 Å². The van der Waals surface area contributed by atoms with Crippen molar-refractivity contribution in [3.05, 3.63) is 147 Å². The number of unbranched alkanes of at least 4 members (excludes halogenated alkanes) is 6. The number of benzene rings is 6. The molecule has 2 saturated heterocycles. The zero-order valence-electron chi connectivity index (χ0n) is 81.1. The number of halogens is 2. The minimum Gasteiger partial charge on any atom is -0.508 e. The standard InChI is InChI=1S/C66H75Cl2N9O24.C33H60O10/c1-23(2)12-34(71-5)58(88)76-49-51(83)26-7-10-38(32(67)14-26)97-40-16-28-17-41(55(40)101-65-56(54(86)53(85)42(22-78)99-65)100-44-21-66(4,70)57(87)24(3)96-44)98-39-11-8-27(15-33(39)68)52(84)50-63(93)75-48(64(94)95)31-18-29(79)19-37(81)45(31)30-13-25(6-9-36(30)80)46(60(90)77-50)74-61(91)47(28)73-59(89)35(20-43(69)82)72-62(49)92;1-2-3-4-5-6-7-8-9-32-10-12-33(13-11-32)43-31-30-42-29-28-41-27-26-40-25-24-39-23-22-38-21-20-37-19-18-36-17-16-35-15-14-34/h6-11,13-19,23-24,34-35,42,44,46-54,56-57,65,71,78-81,83-87H,12,20-22,70H2,1-5H3,(H2,69,82)(H,72,92)(H,73,89)(H,74,91)(H,75,93)(H,76,88)(H,77,90)(H,94,95);10-13,34H,2-9,14-31H2,1H3/t24-,34+,35-,42+,44-,46+,47+,48+,49+,50-,51+,52+,53+,54-,56+,57?,65-,66-;/m0./s1. The van der Waals surface area contributed by atoms with Crippen molar-refractivity contribution in [3.8, 4) is 62.9 Å². The Balaban J connectivity index is 0.000000415. The molecule has 794 valence electrons. The predicted molar refractivity (Wildman–Crippen MR) is 517 cm³/mol. The van der Waals surface area contributed by atoms with Gasteiger partial charge in [0.25, 0.3) is 0 Å². The molecule has 7 aliphatic rings. The number of phenols is 3. The predicted octanol–water partition coefficient (Wildman–Crippen LogP) is 4.59. The molecule has 144 heavy (non-hydrogen) atoms. The molecule has 11 bridgehead atoms. The van der Waals surface area contributed by atoms with E-state index in [0.717, 1.165) is 78.9 Å². The largest absolute Gasteiger partial charge is 0.508 e. The Morgan fingerprint density at radius 2 is 1.10 bits per heavy atom. The molecule has 0 saturated carbocycles. The number of carbonyl (C=O) groups excluding carboxylic acids is 7. The average molecular weight is 2070 g/mol. The molecule has 43 nitrogen and oxygen atoms in total. The number of rotatable bonds is 48. The summed E-state index contributed by atoms with van der Waals surface area (Å²) in [6.45, 7) is 16.6. The molecule has 0 spiro atoms. The van der Waals surface area contributed by atoms with Gasteiger partial charge in [-0.15, -0.1) is 0 Å². The Labute approximate surface area is 843 Å². The molecule has 7 amide bonds. The molecule has 6 aromatic carbocycles. The van der Waals surface area contributed by atoms with Gasteiger partial charge in [0.15, 0.2) is 29.9 Å². The Bertz CT molecular complexity index is 5170. The van der Waals surface area contributed by atoms with Crippen molar-refractivity contribution in [2.45, 2.75) is 214 Å². The number of hydrogen-bond donors (Lipinski definition) is 20. The van der Waals surface area contributed by atoms with Crippen molar-refractivity contribution in [2.75, 3.05) is 133 Å². The van der Waals surface area contributed by atoms with Crippen LogP contribution in [0.5, 0.6) is 51.7 Å². The number of amides is 7. The number of fused-ring (bicyclic) bond motifs is 15. The SMILES string of the molecule is CCCCCCCCCc1ccc(OCCOCCOCCOCCOCCOCCOCCOCCOCCO)cc1.CN[C@H](CC(C)C)C(=O)N[C@H]1C(=O)N[C@@H](CC(N)=O)C(=O)N[C@H]2C(=O)N[C@H]3C(=O)N[C@H](C(=O)N[C@@H](C(=O)O)c4cc(O)cc(O)c4-c4cc3ccc4O)[C@H](O)c3ccc(c(Cl)c3)Oc3cc2cc(c3O[C@@H]2O[C@H](CO)[C@@H](O)[C@H](O)[C@H]2O[C@H]2C[C@](C)(N)C(O)[C@H](C)O2)Oc2ccc(cc2Cl)[C@H]1O. The summed E-state index contributed by atoms with van der Waals surface area (Å²) in [5, 5.41) is 139. The van der Waals surface area contributed by atoms with E-state index in [2.05, 4.69) is 68.4 Å². The van der Waals surface area contributed by atoms with E-state index in [4.69, 9.17) is 111 Å². The lowest BCUT2D eigenvalue weighted by molar-refractivity contribution is -0.333. The van der Waals surface area contributed by atoms with Crippen LogP contribution >= 0.6 is 23.2 Å². The van der Waals surface area contributed by atoms with E-state index in [1.165, 1.54) is 83.5 Å². The van der Waals surface area contributed by atoms with E-state index < -0.39 is 237 Å². The van der Waals surface area contributed by atoms with Crippen LogP contribution in [0, 0.1) is 5.92 Å². The number of primary amides is 1. The summed E-state index contributed by atoms with van der Waals surface area (Å²) < 4.78 is 87.4. The molecular formula is C99H135Cl2N9O34. The summed E-state index contributed by atoms with van der Waals surface area (Å²) in [6, 6.07) is 7.77. The number of carboxylic acid groups (broad SMARTS) is 1. The molecule has 7 heterocycles. The molecule has 7 aliphatic heterocycles. The number of aliphatic carboxylic acids is 1. The summed E-state index contributed by atoms with van der Waals surface area (Å²) in [5.74, 6) is -15.1. The average Bonchev–Trinajstić information content (AvgIpc) is 0.762. The molecule has 1 unspecified atom stereocenters. The van der Waals surface area contributed by atoms with Crippen molar-refractivity contribution in [3.63, 3.8) is 0 Å². The number of nitrogens with one attached hydrogen (secondary N) is 7. The fraction of sp³-hybridized carbons (Fsp3) is 0.556. The van der Waals surface area contributed by atoms with E-state index in [0.29, 0.717) is 112 Å². The Morgan fingerprint density at radius 3 is 1.62 bits per heavy atom. The molecule has 22 N–H and O–H groups in total. The van der Waals surface area contributed by atoms with Gasteiger partial charge in [0.2, 0.25) is 53.4 Å². The minimum atomic E-state index is -2.35. The number of aliphatic hydroxyl groups is 7. The zero-order chi connectivity index (χ0) is 104. The Morgan fingerprint density at radius 1 is 0.569 bits per heavy atom. The van der Waals surface area contributed by atoms with Gasteiger partial charge >= 0.3 is 5.97 Å². The first-order chi connectivity index (χ1) is 69.0. The van der Waals surface area contributed by atoms with Gasteiger partial charge in [-0.3, -0.25) is 33.6 Å². The smallest absolute Gasteiger partial charge is 0.330 e. The van der Waals surface area contributed by atoms with Gasteiger partial charge in [0.05, 0.1) is 154 Å². The quantitative estimate of drug-likeness (QED) is 0.0232. The second-order valence-electron chi connectivity index (χ2n) is 35.7. The number of aliphatic hydroxyl groups excluding tert-OH is 7. The van der Waals surface area contributed by atoms with E-state index in [1.54, 1.807) is 0 Å². The number of aryl methyl sites for hydroxylation is 1. The maximum absolute atomic E-state index is 16.0. The number of hydrogen-bond acceptors (Lipinski definition) is 35. The first-order valence-corrected chi connectivity index (χ1v) is 48.7. The van der Waals surface area contributed by atoms with Crippen molar-refractivity contribution in [2.24, 2.45) is 17.4 Å². The molecule has 0 aromatic heterocycles. The number of likely N-dealkylation sites (N-methyl/N-ethyl adjacent to an activating group) is 1. The van der Waals surface area contributed by atoms with Crippen LogP contribution in [0.1, 0.15) is 163 Å². The van der Waals surface area contributed by atoms with Gasteiger partial charge in [-0.1, -0.05) is 113 Å². The van der Waals surface area contributed by atoms with E-state index >= 15 is 14.4 Å². The fourth-order valence-corrected chi connectivity index (χ4v) is 16.9. The van der Waals surface area contributed by atoms with Crippen LogP contribution in [-0.4, -0.2) is 315 Å². The summed E-state index contributed by atoms with van der Waals surface area (Å²) in [6.07, 6.45) is -8.02. The van der Waals surface area contributed by atoms with Gasteiger partial charge in [-0.25, -0.2) is 4.79 Å². The Kier molecular flexibility index (Phi) is 46.1. The molecule has 2 fully saturated rings. The van der Waals surface area contributed by atoms with Gasteiger partial charge in [0, 0.05) is 34.7 Å². The van der Waals surface area contributed by atoms with Crippen molar-refractivity contribution in [1.82, 2.24) is 37.2 Å². The normalized spacial score (nSPS) is 24.0. The second kappa shape index (κ2) is 57.5. The Hall–Kier alpha value is -10.5. The third kappa shape index (κ3) is 33.5. The number of ether oxygens (including phenoxy) is 15. The van der Waals surface area contributed by atoms with E-state index in [1.807, 2.05) is 13.8 Å². The first kappa shape index (κ1) is 115. The monoisotopic (exact) mass is 2060 g/mol. The lowest BCUT2D eigenvalue weighted by Gasteiger charge is -2.47. The number of phenolic OH excluding ortho intramolecular Hbond substituents is 3. The van der Waals surface area contributed by atoms with Crippen LogP contribution in [0.15, 0.2) is 103 Å². The lowest BCUT2D eigenvalue weighted by atomic mass is 9.86. The van der Waals surface area contributed by atoms with Gasteiger partial charge in [-0.05, 0) is 141 Å². The topological polar surface area (TPSA) is 634 Å². The van der Waals surface area contributed by atoms with Crippen LogP contribution in [0.3, 0.4) is 0 Å². The van der Waals surface area contributed by atoms with Crippen LogP contribution < -0.4 is 67.6 Å². The van der Waals surface area contributed by atoms with Crippen molar-refractivity contribution >= 4 is 70.5 Å². The second-order valence-corrected chi connectivity index (χ2v) is 36.5. The lowest BCUT2D eigenvalue weighted by Crippen LogP contribution is -2.64. The summed E-state index contributed by atoms with van der Waals surface area (Å²) in [7, 11) is 1.47. The highest BCUT2D eigenvalue weighted by Gasteiger charge is 2.52. The van der Waals surface area contributed by atoms with Crippen molar-refractivity contribution in [1.29, 1.82) is 0 Å². The van der Waals surface area contributed by atoms with Crippen LogP contribution in [0.2, 0.25) is 10.0 Å². The molecule has 18 atom stereocenters. The summed E-state index contributed by atoms with van der Waals surface area (Å²) in [5.41, 5.74) is 9.38. The van der Waals surface area contributed by atoms with Gasteiger partial charge in [0.1, 0.15) is 102 Å².